The van der Waals surface area contributed by atoms with Crippen molar-refractivity contribution in [3.8, 4) is 77.9 Å². The van der Waals surface area contributed by atoms with E-state index >= 15 is 0 Å². The van der Waals surface area contributed by atoms with Crippen molar-refractivity contribution < 1.29 is 0 Å². The molecule has 0 fully saturated rings. The minimum absolute atomic E-state index is 0.239. The molecule has 0 bridgehead atoms. The zero-order valence-electron chi connectivity index (χ0n) is 30.4. The van der Waals surface area contributed by atoms with Gasteiger partial charge in [-0.2, -0.15) is 0 Å². The van der Waals surface area contributed by atoms with E-state index in [0.29, 0.717) is 0 Å². The van der Waals surface area contributed by atoms with E-state index in [9.17, 15) is 0 Å². The number of fused-ring (bicyclic) bond motifs is 3. The van der Waals surface area contributed by atoms with Crippen molar-refractivity contribution in [3.05, 3.63) is 241 Å². The van der Waals surface area contributed by atoms with Gasteiger partial charge in [0.05, 0.1) is 0 Å². The summed E-state index contributed by atoms with van der Waals surface area (Å²) in [5, 5.41) is 0. The molecular weight excluding hydrogens is 661 g/mol. The van der Waals surface area contributed by atoms with Gasteiger partial charge in [0.2, 0.25) is 0 Å². The third-order valence-electron chi connectivity index (χ3n) is 11.2. The summed E-state index contributed by atoms with van der Waals surface area (Å²) in [7, 11) is 0. The normalized spacial score (nSPS) is 11.9. The molecule has 0 nitrogen and oxygen atoms in total. The molecule has 0 aromatic heterocycles. The van der Waals surface area contributed by atoms with E-state index in [1.807, 2.05) is 0 Å². The summed E-state index contributed by atoms with van der Waals surface area (Å²) in [6.07, 6.45) is 0. The summed E-state index contributed by atoms with van der Waals surface area (Å²) >= 11 is 0. The largest absolute Gasteiger partial charge is 0.0622 e. The summed E-state index contributed by atoms with van der Waals surface area (Å²) < 4.78 is 0. The van der Waals surface area contributed by atoms with Gasteiger partial charge in [0, 0.05) is 5.92 Å². The molecule has 0 saturated carbocycles. The van der Waals surface area contributed by atoms with Gasteiger partial charge < -0.3 is 0 Å². The van der Waals surface area contributed by atoms with Gasteiger partial charge in [-0.3, -0.25) is 0 Å². The average Bonchev–Trinajstić information content (AvgIpc) is 3.61. The Balaban J connectivity index is 1.02. The third-order valence-corrected chi connectivity index (χ3v) is 11.2. The van der Waals surface area contributed by atoms with Gasteiger partial charge in [-0.1, -0.05) is 188 Å². The Morgan fingerprint density at radius 1 is 0.200 bits per heavy atom. The van der Waals surface area contributed by atoms with E-state index in [1.165, 1.54) is 94.6 Å². The number of hydrogen-bond donors (Lipinski definition) is 0. The Morgan fingerprint density at radius 3 is 0.782 bits per heavy atom. The lowest BCUT2D eigenvalue weighted by Crippen LogP contribution is -1.99. The molecule has 0 heterocycles. The molecule has 0 amide bonds. The highest BCUT2D eigenvalue weighted by Crippen LogP contribution is 2.48. The Bertz CT molecular complexity index is 2660. The predicted molar refractivity (Wildman–Crippen MR) is 232 cm³/mol. The van der Waals surface area contributed by atoms with Crippen molar-refractivity contribution in [2.24, 2.45) is 0 Å². The minimum atomic E-state index is 0.239. The lowest BCUT2D eigenvalue weighted by atomic mass is 9.87. The van der Waals surface area contributed by atoms with Crippen LogP contribution < -0.4 is 0 Å². The van der Waals surface area contributed by atoms with Crippen molar-refractivity contribution in [3.63, 3.8) is 0 Å². The van der Waals surface area contributed by atoms with Gasteiger partial charge in [-0.05, 0) is 131 Å². The second kappa shape index (κ2) is 14.1. The SMILES string of the molecule is c1ccc(-c2cc(-c3ccccc3)cc(-c3ccc(-c4cc(-c5ccccc5)cc(-c5ccc(C6c7ccccc7-c7ccccc76)cc5)c4)cc3)c2)cc1. The zero-order valence-corrected chi connectivity index (χ0v) is 30.4. The van der Waals surface area contributed by atoms with Crippen molar-refractivity contribution >= 4 is 0 Å². The molecule has 1 aliphatic carbocycles. The summed E-state index contributed by atoms with van der Waals surface area (Å²) in [5.74, 6) is 0.239. The third kappa shape index (κ3) is 6.28. The fourth-order valence-electron chi connectivity index (χ4n) is 8.38. The Kier molecular flexibility index (Phi) is 8.35. The van der Waals surface area contributed by atoms with Crippen molar-refractivity contribution in [2.45, 2.75) is 5.92 Å². The van der Waals surface area contributed by atoms with Gasteiger partial charge in [0.25, 0.3) is 0 Å². The van der Waals surface area contributed by atoms with E-state index in [-0.39, 0.29) is 5.92 Å². The first-order valence-corrected chi connectivity index (χ1v) is 19.1. The maximum absolute atomic E-state index is 2.35. The van der Waals surface area contributed by atoms with Crippen molar-refractivity contribution in [1.29, 1.82) is 0 Å². The highest BCUT2D eigenvalue weighted by molar-refractivity contribution is 5.85. The molecule has 0 atom stereocenters. The second-order valence-corrected chi connectivity index (χ2v) is 14.5. The van der Waals surface area contributed by atoms with Crippen LogP contribution in [0.3, 0.4) is 0 Å². The van der Waals surface area contributed by atoms with Crippen LogP contribution in [-0.2, 0) is 0 Å². The summed E-state index contributed by atoms with van der Waals surface area (Å²) in [4.78, 5) is 0. The van der Waals surface area contributed by atoms with E-state index in [4.69, 9.17) is 0 Å². The molecule has 0 saturated heterocycles. The van der Waals surface area contributed by atoms with Crippen molar-refractivity contribution in [1.82, 2.24) is 0 Å². The summed E-state index contributed by atoms with van der Waals surface area (Å²) in [6, 6.07) is 82.1. The molecule has 0 aliphatic heterocycles. The highest BCUT2D eigenvalue weighted by Gasteiger charge is 2.29. The standard InChI is InChI=1S/C55H38/c1-4-14-38(15-5-1)45-32-46(39-16-6-2-7-17-39)34-48(33-45)41-24-26-42(27-25-41)49-35-47(40-18-8-3-9-19-40)36-50(37-49)43-28-30-44(31-29-43)55-53-22-12-10-20-51(53)52-21-11-13-23-54(52)55/h1-37,55H. The topological polar surface area (TPSA) is 0 Å². The first-order valence-electron chi connectivity index (χ1n) is 19.1. The number of rotatable bonds is 7. The monoisotopic (exact) mass is 698 g/mol. The molecule has 0 radical (unpaired) electrons. The van der Waals surface area contributed by atoms with Gasteiger partial charge in [-0.25, -0.2) is 0 Å². The predicted octanol–water partition coefficient (Wildman–Crippen LogP) is 14.8. The molecule has 0 N–H and O–H groups in total. The van der Waals surface area contributed by atoms with Crippen molar-refractivity contribution in [2.75, 3.05) is 0 Å². The number of benzene rings is 9. The van der Waals surface area contributed by atoms with Gasteiger partial charge in [-0.15, -0.1) is 0 Å². The van der Waals surface area contributed by atoms with Crippen LogP contribution in [0.25, 0.3) is 77.9 Å². The first kappa shape index (κ1) is 32.6. The van der Waals surface area contributed by atoms with Crippen LogP contribution in [0.4, 0.5) is 0 Å². The molecule has 258 valence electrons. The van der Waals surface area contributed by atoms with Crippen LogP contribution in [-0.4, -0.2) is 0 Å². The Morgan fingerprint density at radius 2 is 0.455 bits per heavy atom. The van der Waals surface area contributed by atoms with Crippen LogP contribution in [0.2, 0.25) is 0 Å². The van der Waals surface area contributed by atoms with Gasteiger partial charge in [0.15, 0.2) is 0 Å². The lowest BCUT2D eigenvalue weighted by molar-refractivity contribution is 1.02. The van der Waals surface area contributed by atoms with E-state index in [1.54, 1.807) is 0 Å². The van der Waals surface area contributed by atoms with E-state index in [2.05, 4.69) is 224 Å². The Labute approximate surface area is 323 Å². The highest BCUT2D eigenvalue weighted by atomic mass is 14.3. The quantitative estimate of drug-likeness (QED) is 0.155. The second-order valence-electron chi connectivity index (χ2n) is 14.5. The van der Waals surface area contributed by atoms with Gasteiger partial charge in [0.1, 0.15) is 0 Å². The van der Waals surface area contributed by atoms with Crippen LogP contribution in [0, 0.1) is 0 Å². The molecule has 55 heavy (non-hydrogen) atoms. The average molecular weight is 699 g/mol. The summed E-state index contributed by atoms with van der Waals surface area (Å²) in [5.41, 5.74) is 21.3. The smallest absolute Gasteiger partial charge is 0.0352 e. The fraction of sp³-hybridized carbons (Fsp3) is 0.0182. The zero-order chi connectivity index (χ0) is 36.6. The van der Waals surface area contributed by atoms with Crippen LogP contribution >= 0.6 is 0 Å². The van der Waals surface area contributed by atoms with Crippen LogP contribution in [0.5, 0.6) is 0 Å². The maximum atomic E-state index is 2.35. The van der Waals surface area contributed by atoms with Crippen LogP contribution in [0.1, 0.15) is 22.6 Å². The molecule has 0 spiro atoms. The maximum Gasteiger partial charge on any atom is 0.0352 e. The van der Waals surface area contributed by atoms with Gasteiger partial charge >= 0.3 is 0 Å². The van der Waals surface area contributed by atoms with E-state index < -0.39 is 0 Å². The minimum Gasteiger partial charge on any atom is -0.0622 e. The molecule has 10 rings (SSSR count). The lowest BCUT2D eigenvalue weighted by Gasteiger charge is -2.16. The number of hydrogen-bond acceptors (Lipinski definition) is 0. The van der Waals surface area contributed by atoms with E-state index in [0.717, 1.165) is 0 Å². The fourth-order valence-corrected chi connectivity index (χ4v) is 8.38. The molecule has 9 aromatic carbocycles. The first-order chi connectivity index (χ1) is 27.2. The molecule has 0 heteroatoms. The summed E-state index contributed by atoms with van der Waals surface area (Å²) in [6.45, 7) is 0. The molecule has 1 aliphatic rings. The van der Waals surface area contributed by atoms with Crippen LogP contribution in [0.15, 0.2) is 224 Å². The molecule has 9 aromatic rings. The molecular formula is C55H38. The Hall–Kier alpha value is -7.02. The molecule has 0 unspecified atom stereocenters.